The molecule has 0 unspecified atom stereocenters. The molecule has 0 aliphatic carbocycles. The molecule has 1 amide bonds. The van der Waals surface area contributed by atoms with E-state index in [9.17, 15) is 18.0 Å². The van der Waals surface area contributed by atoms with Crippen molar-refractivity contribution in [1.82, 2.24) is 20.6 Å². The molecule has 0 aromatic carbocycles. The summed E-state index contributed by atoms with van der Waals surface area (Å²) >= 11 is 0. The molecule has 3 atom stereocenters. The van der Waals surface area contributed by atoms with Crippen LogP contribution in [0.4, 0.5) is 13.2 Å². The van der Waals surface area contributed by atoms with Gasteiger partial charge in [0.25, 0.3) is 0 Å². The Morgan fingerprint density at radius 3 is 2.71 bits per heavy atom. The van der Waals surface area contributed by atoms with E-state index in [0.717, 1.165) is 6.07 Å². The van der Waals surface area contributed by atoms with Gasteiger partial charge in [0.1, 0.15) is 5.69 Å². The van der Waals surface area contributed by atoms with Crippen LogP contribution in [-0.2, 0) is 11.0 Å². The lowest BCUT2D eigenvalue weighted by molar-refractivity contribution is -0.141. The summed E-state index contributed by atoms with van der Waals surface area (Å²) in [6.45, 7) is 2.75. The highest BCUT2D eigenvalue weighted by molar-refractivity contribution is 5.80. The molecular formula is C19H21F3N4O2. The number of methoxy groups -OCH3 is 1. The predicted molar refractivity (Wildman–Crippen MR) is 95.7 cm³/mol. The maximum atomic E-state index is 12.8. The average molecular weight is 394 g/mol. The molecule has 0 bridgehead atoms. The quantitative estimate of drug-likeness (QED) is 0.816. The van der Waals surface area contributed by atoms with Crippen molar-refractivity contribution in [3.8, 4) is 5.88 Å². The molecule has 1 fully saturated rings. The molecule has 150 valence electrons. The third-order valence-corrected chi connectivity index (χ3v) is 4.81. The highest BCUT2D eigenvalue weighted by Gasteiger charge is 2.36. The zero-order chi connectivity index (χ0) is 20.3. The summed E-state index contributed by atoms with van der Waals surface area (Å²) in [5, 5.41) is 6.06. The third-order valence-electron chi connectivity index (χ3n) is 4.81. The summed E-state index contributed by atoms with van der Waals surface area (Å²) in [4.78, 5) is 20.6. The van der Waals surface area contributed by atoms with Gasteiger partial charge in [0, 0.05) is 31.3 Å². The molecular weight excluding hydrogens is 373 g/mol. The van der Waals surface area contributed by atoms with E-state index in [4.69, 9.17) is 4.74 Å². The van der Waals surface area contributed by atoms with Gasteiger partial charge < -0.3 is 15.4 Å². The molecule has 0 spiro atoms. The highest BCUT2D eigenvalue weighted by Crippen LogP contribution is 2.32. The first-order valence-electron chi connectivity index (χ1n) is 8.84. The van der Waals surface area contributed by atoms with Crippen LogP contribution in [0.3, 0.4) is 0 Å². The number of nitrogens with zero attached hydrogens (tertiary/aromatic N) is 2. The maximum Gasteiger partial charge on any atom is 0.433 e. The summed E-state index contributed by atoms with van der Waals surface area (Å²) in [7, 11) is 1.52. The number of hydrogen-bond acceptors (Lipinski definition) is 5. The maximum absolute atomic E-state index is 12.8. The molecule has 1 saturated heterocycles. The van der Waals surface area contributed by atoms with Crippen molar-refractivity contribution in [2.45, 2.75) is 25.1 Å². The molecule has 2 N–H and O–H groups in total. The van der Waals surface area contributed by atoms with Crippen LogP contribution in [0, 0.1) is 5.92 Å². The van der Waals surface area contributed by atoms with Crippen molar-refractivity contribution in [1.29, 1.82) is 0 Å². The highest BCUT2D eigenvalue weighted by atomic mass is 19.4. The topological polar surface area (TPSA) is 76.1 Å². The molecule has 2 aromatic rings. The number of ether oxygens (including phenoxy) is 1. The van der Waals surface area contributed by atoms with Crippen molar-refractivity contribution >= 4 is 5.91 Å². The van der Waals surface area contributed by atoms with Crippen LogP contribution in [0.1, 0.15) is 35.8 Å². The SMILES string of the molecule is COc1cccc([C@H](C)NC(=O)[C@@H]2CNC[C@H]2c2ccc(C(F)(F)F)nc2)n1. The average Bonchev–Trinajstić information content (AvgIpc) is 3.17. The number of halogens is 3. The van der Waals surface area contributed by atoms with E-state index in [0.29, 0.717) is 30.2 Å². The molecule has 2 aromatic heterocycles. The van der Waals surface area contributed by atoms with Gasteiger partial charge in [-0.1, -0.05) is 12.1 Å². The molecule has 0 saturated carbocycles. The van der Waals surface area contributed by atoms with Gasteiger partial charge in [-0.15, -0.1) is 0 Å². The summed E-state index contributed by atoms with van der Waals surface area (Å²) in [5.41, 5.74) is 0.317. The normalized spacial score (nSPS) is 20.6. The predicted octanol–water partition coefficient (Wildman–Crippen LogP) is 2.68. The van der Waals surface area contributed by atoms with Crippen LogP contribution >= 0.6 is 0 Å². The van der Waals surface area contributed by atoms with Crippen LogP contribution < -0.4 is 15.4 Å². The fourth-order valence-electron chi connectivity index (χ4n) is 3.28. The van der Waals surface area contributed by atoms with Crippen molar-refractivity contribution in [3.63, 3.8) is 0 Å². The number of aromatic nitrogens is 2. The third kappa shape index (κ3) is 4.41. The number of hydrogen-bond donors (Lipinski definition) is 2. The number of amides is 1. The molecule has 28 heavy (non-hydrogen) atoms. The molecule has 3 heterocycles. The Balaban J connectivity index is 1.70. The van der Waals surface area contributed by atoms with E-state index in [1.165, 1.54) is 19.4 Å². The van der Waals surface area contributed by atoms with Crippen molar-refractivity contribution in [2.24, 2.45) is 5.92 Å². The lowest BCUT2D eigenvalue weighted by Gasteiger charge is -2.21. The Hall–Kier alpha value is -2.68. The van der Waals surface area contributed by atoms with E-state index in [1.54, 1.807) is 18.2 Å². The Morgan fingerprint density at radius 2 is 2.07 bits per heavy atom. The van der Waals surface area contributed by atoms with Crippen LogP contribution in [0.5, 0.6) is 5.88 Å². The second kappa shape index (κ2) is 8.14. The standard InChI is InChI=1S/C19H21F3N4O2/c1-11(15-4-3-5-17(26-15)28-2)25-18(27)14-10-23-9-13(14)12-6-7-16(24-8-12)19(20,21)22/h3-8,11,13-14,23H,9-10H2,1-2H3,(H,25,27)/t11-,13-,14+/m0/s1. The van der Waals surface area contributed by atoms with Crippen molar-refractivity contribution in [3.05, 3.63) is 53.5 Å². The zero-order valence-corrected chi connectivity index (χ0v) is 15.5. The second-order valence-corrected chi connectivity index (χ2v) is 6.68. The first kappa shape index (κ1) is 20.1. The minimum absolute atomic E-state index is 0.188. The summed E-state index contributed by atoms with van der Waals surface area (Å²) in [6.07, 6.45) is -3.28. The van der Waals surface area contributed by atoms with Gasteiger partial charge in [0.2, 0.25) is 11.8 Å². The number of carbonyl (C=O) groups is 1. The number of nitrogens with one attached hydrogen (secondary N) is 2. The van der Waals surface area contributed by atoms with E-state index in [-0.39, 0.29) is 17.9 Å². The van der Waals surface area contributed by atoms with Crippen molar-refractivity contribution < 1.29 is 22.7 Å². The van der Waals surface area contributed by atoms with Gasteiger partial charge >= 0.3 is 6.18 Å². The van der Waals surface area contributed by atoms with Gasteiger partial charge in [-0.3, -0.25) is 9.78 Å². The van der Waals surface area contributed by atoms with Crippen LogP contribution in [-0.4, -0.2) is 36.1 Å². The number of alkyl halides is 3. The fraction of sp³-hybridized carbons (Fsp3) is 0.421. The van der Waals surface area contributed by atoms with Crippen LogP contribution in [0.25, 0.3) is 0 Å². The number of carbonyl (C=O) groups excluding carboxylic acids is 1. The van der Waals surface area contributed by atoms with E-state index in [2.05, 4.69) is 20.6 Å². The first-order chi connectivity index (χ1) is 13.3. The molecule has 1 aliphatic rings. The Kier molecular flexibility index (Phi) is 5.83. The number of pyridine rings is 2. The molecule has 1 aliphatic heterocycles. The lowest BCUT2D eigenvalue weighted by Crippen LogP contribution is -2.36. The zero-order valence-electron chi connectivity index (χ0n) is 15.5. The Labute approximate surface area is 160 Å². The van der Waals surface area contributed by atoms with Crippen LogP contribution in [0.15, 0.2) is 36.5 Å². The van der Waals surface area contributed by atoms with Crippen LogP contribution in [0.2, 0.25) is 0 Å². The second-order valence-electron chi connectivity index (χ2n) is 6.68. The molecule has 0 radical (unpaired) electrons. The van der Waals surface area contributed by atoms with E-state index >= 15 is 0 Å². The summed E-state index contributed by atoms with van der Waals surface area (Å²) < 4.78 is 43.2. The lowest BCUT2D eigenvalue weighted by atomic mass is 9.89. The van der Waals surface area contributed by atoms with E-state index in [1.807, 2.05) is 6.92 Å². The minimum atomic E-state index is -4.48. The molecule has 6 nitrogen and oxygen atoms in total. The van der Waals surface area contributed by atoms with Gasteiger partial charge in [-0.05, 0) is 24.6 Å². The van der Waals surface area contributed by atoms with Crippen molar-refractivity contribution in [2.75, 3.05) is 20.2 Å². The van der Waals surface area contributed by atoms with Gasteiger partial charge in [0.05, 0.1) is 24.8 Å². The first-order valence-corrected chi connectivity index (χ1v) is 8.84. The van der Waals surface area contributed by atoms with Gasteiger partial charge in [-0.2, -0.15) is 13.2 Å². The fourth-order valence-corrected chi connectivity index (χ4v) is 3.28. The summed E-state index contributed by atoms with van der Waals surface area (Å²) in [5.74, 6) is -0.395. The number of rotatable bonds is 5. The van der Waals surface area contributed by atoms with E-state index < -0.39 is 17.8 Å². The molecule has 9 heteroatoms. The van der Waals surface area contributed by atoms with Gasteiger partial charge in [0.15, 0.2) is 0 Å². The molecule has 3 rings (SSSR count). The smallest absolute Gasteiger partial charge is 0.433 e. The largest absolute Gasteiger partial charge is 0.481 e. The summed E-state index contributed by atoms with van der Waals surface area (Å²) in [6, 6.07) is 7.29. The Morgan fingerprint density at radius 1 is 1.29 bits per heavy atom. The monoisotopic (exact) mass is 394 g/mol. The van der Waals surface area contributed by atoms with Gasteiger partial charge in [-0.25, -0.2) is 4.98 Å². The Bertz CT molecular complexity index is 827. The minimum Gasteiger partial charge on any atom is -0.481 e.